The van der Waals surface area contributed by atoms with E-state index in [2.05, 4.69) is 27.8 Å². The Bertz CT molecular complexity index is 518. The van der Waals surface area contributed by atoms with Crippen molar-refractivity contribution < 1.29 is 13.9 Å². The molecule has 1 aromatic carbocycles. The van der Waals surface area contributed by atoms with Crippen LogP contribution in [-0.4, -0.2) is 43.2 Å². The predicted molar refractivity (Wildman–Crippen MR) is 82.3 cm³/mol. The Labute approximate surface area is 132 Å². The smallest absolute Gasteiger partial charge is 0.253 e. The summed E-state index contributed by atoms with van der Waals surface area (Å²) in [5.74, 6) is -0.482. The lowest BCUT2D eigenvalue weighted by atomic mass is 10.1. The Hall–Kier alpha value is -1.24. The minimum Gasteiger partial charge on any atom is -0.366 e. The van der Waals surface area contributed by atoms with Gasteiger partial charge in [0.15, 0.2) is 0 Å². The zero-order chi connectivity index (χ0) is 15.2. The van der Waals surface area contributed by atoms with E-state index >= 15 is 0 Å². The lowest BCUT2D eigenvalue weighted by Crippen LogP contribution is -2.49. The summed E-state index contributed by atoms with van der Waals surface area (Å²) in [4.78, 5) is 14.0. The van der Waals surface area contributed by atoms with Crippen LogP contribution >= 0.6 is 15.9 Å². The van der Waals surface area contributed by atoms with Crippen molar-refractivity contribution in [3.8, 4) is 0 Å². The van der Waals surface area contributed by atoms with Crippen molar-refractivity contribution in [2.24, 2.45) is 0 Å². The standard InChI is InChI=1S/C15H18BrFN2O2/c1-2-6-19(15(20)14-9-18-5-7-21-14)10-11-8-12(16)3-4-13(11)17/h2-4,8,14,18H,1,5-7,9-10H2. The third-order valence-electron chi connectivity index (χ3n) is 3.23. The van der Waals surface area contributed by atoms with E-state index in [1.807, 2.05) is 0 Å². The Morgan fingerprint density at radius 2 is 2.43 bits per heavy atom. The molecule has 4 nitrogen and oxygen atoms in total. The molecule has 1 aromatic rings. The molecule has 6 heteroatoms. The van der Waals surface area contributed by atoms with Crippen LogP contribution in [0.2, 0.25) is 0 Å². The van der Waals surface area contributed by atoms with Gasteiger partial charge in [-0.15, -0.1) is 6.58 Å². The van der Waals surface area contributed by atoms with Gasteiger partial charge in [0.25, 0.3) is 5.91 Å². The Balaban J connectivity index is 2.12. The molecule has 1 N–H and O–H groups in total. The van der Waals surface area contributed by atoms with Crippen molar-refractivity contribution in [3.05, 3.63) is 46.7 Å². The number of amides is 1. The molecule has 1 atom stereocenters. The third-order valence-corrected chi connectivity index (χ3v) is 3.73. The molecular weight excluding hydrogens is 339 g/mol. The minimum absolute atomic E-state index is 0.151. The number of hydrogen-bond donors (Lipinski definition) is 1. The summed E-state index contributed by atoms with van der Waals surface area (Å²) in [7, 11) is 0. The second kappa shape index (κ2) is 7.68. The maximum absolute atomic E-state index is 13.8. The number of rotatable bonds is 5. The molecule has 114 valence electrons. The number of ether oxygens (including phenoxy) is 1. The number of halogens is 2. The fourth-order valence-corrected chi connectivity index (χ4v) is 2.59. The highest BCUT2D eigenvalue weighted by molar-refractivity contribution is 9.10. The van der Waals surface area contributed by atoms with Gasteiger partial charge in [0.05, 0.1) is 6.61 Å². The lowest BCUT2D eigenvalue weighted by molar-refractivity contribution is -0.145. The summed E-state index contributed by atoms with van der Waals surface area (Å²) in [6.45, 7) is 5.92. The van der Waals surface area contributed by atoms with Crippen LogP contribution in [0.15, 0.2) is 35.3 Å². The SMILES string of the molecule is C=CCN(Cc1cc(Br)ccc1F)C(=O)C1CNCCO1. The Morgan fingerprint density at radius 1 is 1.62 bits per heavy atom. The summed E-state index contributed by atoms with van der Waals surface area (Å²) in [6, 6.07) is 4.69. The van der Waals surface area contributed by atoms with Crippen LogP contribution in [0.25, 0.3) is 0 Å². The van der Waals surface area contributed by atoms with Gasteiger partial charge < -0.3 is 15.0 Å². The van der Waals surface area contributed by atoms with Gasteiger partial charge in [0.2, 0.25) is 0 Å². The molecule has 0 aromatic heterocycles. The first-order chi connectivity index (χ1) is 10.1. The molecule has 0 saturated carbocycles. The lowest BCUT2D eigenvalue weighted by Gasteiger charge is -2.29. The van der Waals surface area contributed by atoms with Crippen LogP contribution in [0.5, 0.6) is 0 Å². The zero-order valence-corrected chi connectivity index (χ0v) is 13.2. The van der Waals surface area contributed by atoms with Crippen LogP contribution < -0.4 is 5.32 Å². The highest BCUT2D eigenvalue weighted by atomic mass is 79.9. The van der Waals surface area contributed by atoms with Crippen molar-refractivity contribution in [2.45, 2.75) is 12.6 Å². The molecule has 21 heavy (non-hydrogen) atoms. The molecule has 0 aliphatic carbocycles. The molecule has 0 bridgehead atoms. The Kier molecular flexibility index (Phi) is 5.90. The monoisotopic (exact) mass is 356 g/mol. The predicted octanol–water partition coefficient (Wildman–Crippen LogP) is 2.09. The molecule has 1 amide bonds. The van der Waals surface area contributed by atoms with Crippen LogP contribution in [-0.2, 0) is 16.1 Å². The molecule has 0 radical (unpaired) electrons. The first-order valence-corrected chi connectivity index (χ1v) is 7.57. The fourth-order valence-electron chi connectivity index (χ4n) is 2.19. The summed E-state index contributed by atoms with van der Waals surface area (Å²) in [5, 5.41) is 3.12. The van der Waals surface area contributed by atoms with Crippen molar-refractivity contribution in [3.63, 3.8) is 0 Å². The number of carbonyl (C=O) groups is 1. The van der Waals surface area contributed by atoms with Gasteiger partial charge in [-0.3, -0.25) is 4.79 Å². The average molecular weight is 357 g/mol. The highest BCUT2D eigenvalue weighted by Gasteiger charge is 2.26. The zero-order valence-electron chi connectivity index (χ0n) is 11.6. The second-order valence-electron chi connectivity index (χ2n) is 4.81. The topological polar surface area (TPSA) is 41.6 Å². The summed E-state index contributed by atoms with van der Waals surface area (Å²) < 4.78 is 20.1. The number of nitrogens with zero attached hydrogens (tertiary/aromatic N) is 1. The van der Waals surface area contributed by atoms with Crippen molar-refractivity contribution in [1.82, 2.24) is 10.2 Å². The van der Waals surface area contributed by atoms with E-state index in [0.717, 1.165) is 11.0 Å². The number of hydrogen-bond acceptors (Lipinski definition) is 3. The van der Waals surface area contributed by atoms with Crippen molar-refractivity contribution >= 4 is 21.8 Å². The normalized spacial score (nSPS) is 18.3. The fraction of sp³-hybridized carbons (Fsp3) is 0.400. The molecule has 1 unspecified atom stereocenters. The molecule has 2 rings (SSSR count). The van der Waals surface area contributed by atoms with E-state index in [-0.39, 0.29) is 18.3 Å². The van der Waals surface area contributed by atoms with Crippen molar-refractivity contribution in [1.29, 1.82) is 0 Å². The molecule has 0 spiro atoms. The molecular formula is C15H18BrFN2O2. The van der Waals surface area contributed by atoms with E-state index in [1.165, 1.54) is 6.07 Å². The summed E-state index contributed by atoms with van der Waals surface area (Å²) >= 11 is 3.31. The number of morpholine rings is 1. The quantitative estimate of drug-likeness (QED) is 0.821. The van der Waals surface area contributed by atoms with Gasteiger partial charge >= 0.3 is 0 Å². The molecule has 1 saturated heterocycles. The van der Waals surface area contributed by atoms with Gasteiger partial charge in [-0.1, -0.05) is 22.0 Å². The van der Waals surface area contributed by atoms with Gasteiger partial charge in [-0.25, -0.2) is 4.39 Å². The van der Waals surface area contributed by atoms with Gasteiger partial charge in [0.1, 0.15) is 11.9 Å². The summed E-state index contributed by atoms with van der Waals surface area (Å²) in [5.41, 5.74) is 0.461. The largest absolute Gasteiger partial charge is 0.366 e. The van der Waals surface area contributed by atoms with Crippen LogP contribution in [0, 0.1) is 5.82 Å². The maximum atomic E-state index is 13.8. The Morgan fingerprint density at radius 3 is 3.10 bits per heavy atom. The number of benzene rings is 1. The first kappa shape index (κ1) is 16.1. The number of carbonyl (C=O) groups excluding carboxylic acids is 1. The van der Waals surface area contributed by atoms with Gasteiger partial charge in [-0.05, 0) is 18.2 Å². The highest BCUT2D eigenvalue weighted by Crippen LogP contribution is 2.18. The maximum Gasteiger partial charge on any atom is 0.253 e. The molecule has 1 aliphatic heterocycles. The van der Waals surface area contributed by atoms with Gasteiger partial charge in [0, 0.05) is 36.2 Å². The van der Waals surface area contributed by atoms with E-state index in [1.54, 1.807) is 23.1 Å². The van der Waals surface area contributed by atoms with Crippen LogP contribution in [0.1, 0.15) is 5.56 Å². The van der Waals surface area contributed by atoms with Crippen LogP contribution in [0.4, 0.5) is 4.39 Å². The van der Waals surface area contributed by atoms with Gasteiger partial charge in [-0.2, -0.15) is 0 Å². The molecule has 1 fully saturated rings. The third kappa shape index (κ3) is 4.36. The van der Waals surface area contributed by atoms with E-state index in [0.29, 0.717) is 25.3 Å². The second-order valence-corrected chi connectivity index (χ2v) is 5.72. The van der Waals surface area contributed by atoms with Crippen molar-refractivity contribution in [2.75, 3.05) is 26.2 Å². The minimum atomic E-state index is -0.520. The first-order valence-electron chi connectivity index (χ1n) is 6.77. The molecule has 1 heterocycles. The average Bonchev–Trinajstić information content (AvgIpc) is 2.50. The number of nitrogens with one attached hydrogen (secondary N) is 1. The molecule has 1 aliphatic rings. The van der Waals surface area contributed by atoms with E-state index in [9.17, 15) is 9.18 Å². The summed E-state index contributed by atoms with van der Waals surface area (Å²) in [6.07, 6.45) is 1.11. The van der Waals surface area contributed by atoms with Crippen LogP contribution in [0.3, 0.4) is 0 Å². The van der Waals surface area contributed by atoms with E-state index in [4.69, 9.17) is 4.74 Å². The van der Waals surface area contributed by atoms with E-state index < -0.39 is 6.10 Å².